The zero-order valence-corrected chi connectivity index (χ0v) is 13.3. The van der Waals surface area contributed by atoms with Crippen LogP contribution in [-0.4, -0.2) is 9.78 Å². The molecule has 21 heavy (non-hydrogen) atoms. The summed E-state index contributed by atoms with van der Waals surface area (Å²) in [5, 5.41) is 17.1. The number of anilines is 1. The van der Waals surface area contributed by atoms with E-state index in [-0.39, 0.29) is 6.04 Å². The number of nitriles is 1. The first kappa shape index (κ1) is 15.1. The maximum Gasteiger partial charge on any atom is 0.0991 e. The lowest BCUT2D eigenvalue weighted by molar-refractivity contribution is 0.516. The fourth-order valence-corrected chi connectivity index (χ4v) is 2.55. The number of nitrogens with one attached hydrogen (secondary N) is 1. The molecule has 2 rings (SSSR count). The van der Waals surface area contributed by atoms with Gasteiger partial charge < -0.3 is 5.32 Å². The quantitative estimate of drug-likeness (QED) is 0.917. The molecule has 1 N–H and O–H groups in total. The molecule has 2 aromatic rings. The molecule has 110 valence electrons. The van der Waals surface area contributed by atoms with E-state index in [9.17, 15) is 0 Å². The molecule has 0 fully saturated rings. The number of rotatable bonds is 4. The molecule has 1 aromatic carbocycles. The zero-order valence-electron chi connectivity index (χ0n) is 13.3. The molecular weight excluding hydrogens is 260 g/mol. The Labute approximate surface area is 126 Å². The summed E-state index contributed by atoms with van der Waals surface area (Å²) < 4.78 is 2.04. The summed E-state index contributed by atoms with van der Waals surface area (Å²) in [4.78, 5) is 0. The highest BCUT2D eigenvalue weighted by molar-refractivity contribution is 5.54. The summed E-state index contributed by atoms with van der Waals surface area (Å²) in [7, 11) is 0. The highest BCUT2D eigenvalue weighted by atomic mass is 15.3. The standard InChI is InChI=1S/C17H22N4/c1-11(2)21-14(5)17(13(4)20-21)19-12(3)16-8-6-7-15(9-16)10-18/h6-9,11-12,19H,1-5H3. The second-order valence-corrected chi connectivity index (χ2v) is 5.69. The van der Waals surface area contributed by atoms with E-state index in [1.807, 2.05) is 35.9 Å². The number of hydrogen-bond acceptors (Lipinski definition) is 3. The summed E-state index contributed by atoms with van der Waals surface area (Å²) in [6.07, 6.45) is 0. The first-order chi connectivity index (χ1) is 9.93. The highest BCUT2D eigenvalue weighted by Gasteiger charge is 2.16. The Morgan fingerprint density at radius 1 is 1.24 bits per heavy atom. The number of aryl methyl sites for hydroxylation is 1. The second-order valence-electron chi connectivity index (χ2n) is 5.69. The largest absolute Gasteiger partial charge is 0.376 e. The summed E-state index contributed by atoms with van der Waals surface area (Å²) >= 11 is 0. The van der Waals surface area contributed by atoms with E-state index < -0.39 is 0 Å². The molecule has 0 bridgehead atoms. The van der Waals surface area contributed by atoms with E-state index in [4.69, 9.17) is 5.26 Å². The summed E-state index contributed by atoms with van der Waals surface area (Å²) in [6, 6.07) is 10.4. The molecule has 4 heteroatoms. The van der Waals surface area contributed by atoms with Crippen LogP contribution in [0.4, 0.5) is 5.69 Å². The van der Waals surface area contributed by atoms with Crippen molar-refractivity contribution >= 4 is 5.69 Å². The first-order valence-electron chi connectivity index (χ1n) is 7.26. The van der Waals surface area contributed by atoms with Gasteiger partial charge in [-0.2, -0.15) is 10.4 Å². The number of nitrogens with zero attached hydrogens (tertiary/aromatic N) is 3. The van der Waals surface area contributed by atoms with Crippen molar-refractivity contribution in [3.05, 3.63) is 46.8 Å². The third kappa shape index (κ3) is 3.08. The lowest BCUT2D eigenvalue weighted by Crippen LogP contribution is -2.09. The normalized spacial score (nSPS) is 12.2. The Kier molecular flexibility index (Phi) is 4.32. The van der Waals surface area contributed by atoms with Crippen LogP contribution in [0.2, 0.25) is 0 Å². The summed E-state index contributed by atoms with van der Waals surface area (Å²) in [6.45, 7) is 10.5. The lowest BCUT2D eigenvalue weighted by Gasteiger charge is -2.17. The van der Waals surface area contributed by atoms with Crippen molar-refractivity contribution in [1.82, 2.24) is 9.78 Å². The van der Waals surface area contributed by atoms with E-state index in [0.717, 1.165) is 22.6 Å². The molecule has 0 amide bonds. The fourth-order valence-electron chi connectivity index (χ4n) is 2.55. The van der Waals surface area contributed by atoms with Crippen molar-refractivity contribution in [1.29, 1.82) is 5.26 Å². The minimum Gasteiger partial charge on any atom is -0.376 e. The monoisotopic (exact) mass is 282 g/mol. The van der Waals surface area contributed by atoms with Crippen molar-refractivity contribution in [3.63, 3.8) is 0 Å². The third-order valence-corrected chi connectivity index (χ3v) is 3.69. The molecule has 0 aliphatic heterocycles. The Morgan fingerprint density at radius 3 is 2.52 bits per heavy atom. The van der Waals surface area contributed by atoms with E-state index in [2.05, 4.69) is 44.2 Å². The number of benzene rings is 1. The predicted molar refractivity (Wildman–Crippen MR) is 85.3 cm³/mol. The molecule has 0 radical (unpaired) electrons. The van der Waals surface area contributed by atoms with E-state index >= 15 is 0 Å². The SMILES string of the molecule is Cc1nn(C(C)C)c(C)c1NC(C)c1cccc(C#N)c1. The fraction of sp³-hybridized carbons (Fsp3) is 0.412. The van der Waals surface area contributed by atoms with Gasteiger partial charge in [-0.3, -0.25) is 4.68 Å². The van der Waals surface area contributed by atoms with Gasteiger partial charge in [0.05, 0.1) is 28.7 Å². The molecule has 1 heterocycles. The molecule has 1 unspecified atom stereocenters. The Morgan fingerprint density at radius 2 is 1.95 bits per heavy atom. The first-order valence-corrected chi connectivity index (χ1v) is 7.26. The van der Waals surface area contributed by atoms with Crippen LogP contribution in [0.5, 0.6) is 0 Å². The summed E-state index contributed by atoms with van der Waals surface area (Å²) in [5.74, 6) is 0. The molecule has 1 aromatic heterocycles. The van der Waals surface area contributed by atoms with Gasteiger partial charge in [-0.05, 0) is 52.3 Å². The van der Waals surface area contributed by atoms with E-state index in [1.54, 1.807) is 0 Å². The van der Waals surface area contributed by atoms with Gasteiger partial charge in [-0.15, -0.1) is 0 Å². The average molecular weight is 282 g/mol. The van der Waals surface area contributed by atoms with Crippen molar-refractivity contribution in [2.45, 2.75) is 46.7 Å². The Bertz CT molecular complexity index is 677. The highest BCUT2D eigenvalue weighted by Crippen LogP contribution is 2.27. The van der Waals surface area contributed by atoms with Crippen LogP contribution in [0.3, 0.4) is 0 Å². The van der Waals surface area contributed by atoms with E-state index in [1.165, 1.54) is 0 Å². The van der Waals surface area contributed by atoms with Crippen molar-refractivity contribution in [2.24, 2.45) is 0 Å². The second kappa shape index (κ2) is 6.01. The predicted octanol–water partition coefficient (Wildman–Crippen LogP) is 4.13. The van der Waals surface area contributed by atoms with Crippen LogP contribution >= 0.6 is 0 Å². The molecule has 0 aliphatic carbocycles. The van der Waals surface area contributed by atoms with Crippen LogP contribution in [0.25, 0.3) is 0 Å². The van der Waals surface area contributed by atoms with Crippen molar-refractivity contribution < 1.29 is 0 Å². The molecule has 1 atom stereocenters. The maximum atomic E-state index is 9.00. The maximum absolute atomic E-state index is 9.00. The minimum absolute atomic E-state index is 0.125. The van der Waals surface area contributed by atoms with Gasteiger partial charge >= 0.3 is 0 Å². The van der Waals surface area contributed by atoms with Crippen molar-refractivity contribution in [2.75, 3.05) is 5.32 Å². The van der Waals surface area contributed by atoms with Gasteiger partial charge in [0.15, 0.2) is 0 Å². The molecule has 0 spiro atoms. The third-order valence-electron chi connectivity index (χ3n) is 3.69. The summed E-state index contributed by atoms with van der Waals surface area (Å²) in [5.41, 5.74) is 5.02. The Balaban J connectivity index is 2.27. The molecule has 0 saturated carbocycles. The minimum atomic E-state index is 0.125. The van der Waals surface area contributed by atoms with Crippen LogP contribution < -0.4 is 5.32 Å². The molecule has 0 aliphatic rings. The number of hydrogen-bond donors (Lipinski definition) is 1. The van der Waals surface area contributed by atoms with Gasteiger partial charge in [0, 0.05) is 12.1 Å². The van der Waals surface area contributed by atoms with Crippen LogP contribution in [0.15, 0.2) is 24.3 Å². The van der Waals surface area contributed by atoms with Crippen molar-refractivity contribution in [3.8, 4) is 6.07 Å². The van der Waals surface area contributed by atoms with Gasteiger partial charge in [-0.1, -0.05) is 12.1 Å². The van der Waals surface area contributed by atoms with Crippen LogP contribution in [0, 0.1) is 25.2 Å². The topological polar surface area (TPSA) is 53.6 Å². The van der Waals surface area contributed by atoms with Gasteiger partial charge in [0.1, 0.15) is 0 Å². The van der Waals surface area contributed by atoms with Gasteiger partial charge in [0.2, 0.25) is 0 Å². The Hall–Kier alpha value is -2.28. The smallest absolute Gasteiger partial charge is 0.0991 e. The molecule has 0 saturated heterocycles. The number of aromatic nitrogens is 2. The molecule has 4 nitrogen and oxygen atoms in total. The van der Waals surface area contributed by atoms with E-state index in [0.29, 0.717) is 11.6 Å². The molecular formula is C17H22N4. The van der Waals surface area contributed by atoms with Gasteiger partial charge in [0.25, 0.3) is 0 Å². The average Bonchev–Trinajstić information content (AvgIpc) is 2.75. The van der Waals surface area contributed by atoms with Crippen LogP contribution in [-0.2, 0) is 0 Å². The van der Waals surface area contributed by atoms with Crippen LogP contribution in [0.1, 0.15) is 55.4 Å². The van der Waals surface area contributed by atoms with Gasteiger partial charge in [-0.25, -0.2) is 0 Å². The zero-order chi connectivity index (χ0) is 15.6. The lowest BCUT2D eigenvalue weighted by atomic mass is 10.1.